The van der Waals surface area contributed by atoms with E-state index >= 15 is 0 Å². The number of aryl methyl sites for hydroxylation is 2. The van der Waals surface area contributed by atoms with Gasteiger partial charge >= 0.3 is 0 Å². The second-order valence-corrected chi connectivity index (χ2v) is 8.47. The number of pyridine rings is 1. The van der Waals surface area contributed by atoms with Gasteiger partial charge in [0.15, 0.2) is 5.11 Å². The van der Waals surface area contributed by atoms with Crippen LogP contribution in [0.1, 0.15) is 34.6 Å². The van der Waals surface area contributed by atoms with Gasteiger partial charge < -0.3 is 19.9 Å². The summed E-state index contributed by atoms with van der Waals surface area (Å²) in [6.07, 6.45) is 3.90. The van der Waals surface area contributed by atoms with Gasteiger partial charge in [-0.25, -0.2) is 0 Å². The molecule has 2 aromatic heterocycles. The van der Waals surface area contributed by atoms with Gasteiger partial charge in [-0.05, 0) is 97.9 Å². The van der Waals surface area contributed by atoms with Crippen LogP contribution in [0.15, 0.2) is 85.2 Å². The van der Waals surface area contributed by atoms with Crippen LogP contribution in [-0.2, 0) is 0 Å². The Morgan fingerprint density at radius 1 is 0.906 bits per heavy atom. The maximum absolute atomic E-state index is 9.81. The summed E-state index contributed by atoms with van der Waals surface area (Å²) >= 11 is 5.80. The quantitative estimate of drug-likeness (QED) is 0.418. The van der Waals surface area contributed by atoms with E-state index in [0.29, 0.717) is 5.11 Å². The molecular weight excluding hydrogens is 416 g/mol. The molecule has 1 saturated heterocycles. The van der Waals surface area contributed by atoms with Gasteiger partial charge in [0.25, 0.3) is 0 Å². The van der Waals surface area contributed by atoms with Crippen molar-refractivity contribution in [3.8, 4) is 11.4 Å². The molecule has 0 aliphatic carbocycles. The second-order valence-electron chi connectivity index (χ2n) is 8.08. The van der Waals surface area contributed by atoms with Gasteiger partial charge in [-0.15, -0.1) is 0 Å². The van der Waals surface area contributed by atoms with Crippen molar-refractivity contribution in [1.29, 1.82) is 0 Å². The number of benzene rings is 2. The molecular formula is C26H24N4OS. The summed E-state index contributed by atoms with van der Waals surface area (Å²) in [6.45, 7) is 4.26. The molecule has 1 fully saturated rings. The third kappa shape index (κ3) is 3.52. The van der Waals surface area contributed by atoms with E-state index in [0.717, 1.165) is 22.8 Å². The number of thiocarbonyl (C=S) groups is 1. The Kier molecular flexibility index (Phi) is 5.15. The Hall–Kier alpha value is -3.64. The topological polar surface area (TPSA) is 53.3 Å². The lowest BCUT2D eigenvalue weighted by atomic mass is 10.0. The maximum Gasteiger partial charge on any atom is 0.174 e. The molecule has 3 heterocycles. The van der Waals surface area contributed by atoms with E-state index in [9.17, 15) is 5.11 Å². The second kappa shape index (κ2) is 8.13. The Balaban J connectivity index is 1.67. The van der Waals surface area contributed by atoms with Crippen molar-refractivity contribution in [2.24, 2.45) is 0 Å². The molecule has 0 saturated carbocycles. The van der Waals surface area contributed by atoms with Crippen LogP contribution in [-0.4, -0.2) is 19.8 Å². The average Bonchev–Trinajstić information content (AvgIpc) is 3.41. The van der Waals surface area contributed by atoms with Gasteiger partial charge in [0.2, 0.25) is 0 Å². The first-order valence-electron chi connectivity index (χ1n) is 10.6. The van der Waals surface area contributed by atoms with Gasteiger partial charge in [0.1, 0.15) is 11.8 Å². The first-order valence-corrected chi connectivity index (χ1v) is 11.0. The molecule has 6 heteroatoms. The number of phenols is 1. The minimum absolute atomic E-state index is 0.126. The van der Waals surface area contributed by atoms with Crippen LogP contribution in [0.25, 0.3) is 5.69 Å². The van der Waals surface area contributed by atoms with E-state index in [2.05, 4.69) is 70.1 Å². The molecule has 2 aromatic carbocycles. The minimum Gasteiger partial charge on any atom is -0.508 e. The molecule has 0 bridgehead atoms. The molecule has 5 rings (SSSR count). The molecule has 2 atom stereocenters. The van der Waals surface area contributed by atoms with Gasteiger partial charge in [-0.3, -0.25) is 4.98 Å². The Morgan fingerprint density at radius 3 is 2.41 bits per heavy atom. The minimum atomic E-state index is -0.127. The number of phenolic OH excluding ortho intramolecular Hbond substituents is 1. The van der Waals surface area contributed by atoms with Crippen molar-refractivity contribution in [1.82, 2.24) is 14.9 Å². The number of anilines is 1. The van der Waals surface area contributed by atoms with Crippen LogP contribution >= 0.6 is 12.2 Å². The first kappa shape index (κ1) is 20.3. The summed E-state index contributed by atoms with van der Waals surface area (Å²) in [4.78, 5) is 6.74. The predicted molar refractivity (Wildman–Crippen MR) is 131 cm³/mol. The zero-order chi connectivity index (χ0) is 22.2. The Morgan fingerprint density at radius 2 is 1.69 bits per heavy atom. The van der Waals surface area contributed by atoms with E-state index in [1.165, 1.54) is 11.1 Å². The highest BCUT2D eigenvalue weighted by atomic mass is 32.1. The van der Waals surface area contributed by atoms with Crippen molar-refractivity contribution in [2.75, 3.05) is 4.90 Å². The van der Waals surface area contributed by atoms with Gasteiger partial charge in [-0.2, -0.15) is 0 Å². The van der Waals surface area contributed by atoms with Crippen molar-refractivity contribution < 1.29 is 5.11 Å². The van der Waals surface area contributed by atoms with Crippen LogP contribution in [0.3, 0.4) is 0 Å². The number of aromatic nitrogens is 2. The largest absolute Gasteiger partial charge is 0.508 e. The van der Waals surface area contributed by atoms with Crippen molar-refractivity contribution in [3.63, 3.8) is 0 Å². The van der Waals surface area contributed by atoms with Crippen LogP contribution in [0.2, 0.25) is 0 Å². The molecule has 0 radical (unpaired) electrons. The highest BCUT2D eigenvalue weighted by molar-refractivity contribution is 7.80. The van der Waals surface area contributed by atoms with Gasteiger partial charge in [-0.1, -0.05) is 12.1 Å². The fourth-order valence-corrected chi connectivity index (χ4v) is 4.64. The number of nitrogens with zero attached hydrogens (tertiary/aromatic N) is 3. The molecule has 0 unspecified atom stereocenters. The summed E-state index contributed by atoms with van der Waals surface area (Å²) in [7, 11) is 0. The van der Waals surface area contributed by atoms with Crippen LogP contribution in [0, 0.1) is 13.8 Å². The fourth-order valence-electron chi connectivity index (χ4n) is 4.29. The normalized spacial score (nSPS) is 18.1. The molecule has 0 spiro atoms. The summed E-state index contributed by atoms with van der Waals surface area (Å²) < 4.78 is 2.22. The molecule has 0 amide bonds. The van der Waals surface area contributed by atoms with Gasteiger partial charge in [0, 0.05) is 29.5 Å². The molecule has 5 nitrogen and oxygen atoms in total. The third-order valence-electron chi connectivity index (χ3n) is 6.08. The number of aromatic hydroxyl groups is 1. The fraction of sp³-hybridized carbons (Fsp3) is 0.154. The summed E-state index contributed by atoms with van der Waals surface area (Å²) in [5, 5.41) is 13.9. The zero-order valence-electron chi connectivity index (χ0n) is 17.9. The molecule has 2 N–H and O–H groups in total. The molecule has 1 aliphatic rings. The van der Waals surface area contributed by atoms with E-state index in [4.69, 9.17) is 12.2 Å². The van der Waals surface area contributed by atoms with Crippen LogP contribution in [0.5, 0.6) is 5.75 Å². The SMILES string of the molecule is Cc1ccc(-n2cccc2[C@H]2[C@@H](c3ccccn3)NC(=S)N2c2ccc(O)cc2)cc1C. The first-order chi connectivity index (χ1) is 15.5. The maximum atomic E-state index is 9.81. The van der Waals surface area contributed by atoms with Crippen LogP contribution < -0.4 is 10.2 Å². The van der Waals surface area contributed by atoms with Gasteiger partial charge in [0.05, 0.1) is 11.7 Å². The van der Waals surface area contributed by atoms with E-state index < -0.39 is 0 Å². The standard InChI is InChI=1S/C26H24N4OS/c1-17-8-9-20(16-18(17)2)29-15-5-7-23(29)25-24(22-6-3-4-14-27-22)28-26(32)30(25)19-10-12-21(31)13-11-19/h3-16,24-25,31H,1-2H3,(H,28,32)/t24-,25+/m1/s1. The van der Waals surface area contributed by atoms with E-state index in [1.807, 2.05) is 36.5 Å². The molecule has 160 valence electrons. The average molecular weight is 441 g/mol. The summed E-state index contributed by atoms with van der Waals surface area (Å²) in [6, 6.07) is 23.5. The monoisotopic (exact) mass is 440 g/mol. The zero-order valence-corrected chi connectivity index (χ0v) is 18.8. The Labute approximate surface area is 193 Å². The molecule has 32 heavy (non-hydrogen) atoms. The molecule has 1 aliphatic heterocycles. The lowest BCUT2D eigenvalue weighted by Gasteiger charge is -2.29. The van der Waals surface area contributed by atoms with Crippen LogP contribution in [0.4, 0.5) is 5.69 Å². The highest BCUT2D eigenvalue weighted by Gasteiger charge is 2.42. The number of hydrogen-bond donors (Lipinski definition) is 2. The van der Waals surface area contributed by atoms with Crippen molar-refractivity contribution in [2.45, 2.75) is 25.9 Å². The highest BCUT2D eigenvalue weighted by Crippen LogP contribution is 2.42. The Bertz CT molecular complexity index is 1270. The summed E-state index contributed by atoms with van der Waals surface area (Å²) in [5.74, 6) is 0.225. The summed E-state index contributed by atoms with van der Waals surface area (Å²) in [5.41, 5.74) is 6.56. The lowest BCUT2D eigenvalue weighted by Crippen LogP contribution is -2.30. The molecule has 4 aromatic rings. The lowest BCUT2D eigenvalue weighted by molar-refractivity contribution is 0.475. The number of nitrogens with one attached hydrogen (secondary N) is 1. The predicted octanol–water partition coefficient (Wildman–Crippen LogP) is 5.37. The van der Waals surface area contributed by atoms with E-state index in [-0.39, 0.29) is 17.8 Å². The van der Waals surface area contributed by atoms with Crippen molar-refractivity contribution in [3.05, 3.63) is 108 Å². The smallest absolute Gasteiger partial charge is 0.174 e. The third-order valence-corrected chi connectivity index (χ3v) is 6.39. The number of rotatable bonds is 4. The number of hydrogen-bond acceptors (Lipinski definition) is 3. The van der Waals surface area contributed by atoms with E-state index in [1.54, 1.807) is 12.1 Å². The van der Waals surface area contributed by atoms with Crippen molar-refractivity contribution >= 4 is 23.0 Å².